The molecule has 0 N–H and O–H groups in total. The van der Waals surface area contributed by atoms with E-state index in [0.29, 0.717) is 65.4 Å². The summed E-state index contributed by atoms with van der Waals surface area (Å²) < 4.78 is 7.40. The van der Waals surface area contributed by atoms with Gasteiger partial charge in [0.05, 0.1) is 17.4 Å². The van der Waals surface area contributed by atoms with Gasteiger partial charge < -0.3 is 9.64 Å². The first kappa shape index (κ1) is 30.9. The number of amides is 1. The monoisotopic (exact) mass is 572 g/mol. The third-order valence-corrected chi connectivity index (χ3v) is 8.77. The number of piperidine rings is 1. The third-order valence-electron chi connectivity index (χ3n) is 7.39. The van der Waals surface area contributed by atoms with Crippen molar-refractivity contribution in [2.45, 2.75) is 85.6 Å². The van der Waals surface area contributed by atoms with Crippen molar-refractivity contribution in [3.63, 3.8) is 0 Å². The van der Waals surface area contributed by atoms with E-state index in [2.05, 4.69) is 13.0 Å². The SMILES string of the molecule is CCCCCCCCN1C(=O)/C(=C/c2c(C)c(C#N)c(=O)n(CC)c2N2CCCC(C(=O)OCC)C2)SC1=S. The molecule has 3 rings (SSSR count). The van der Waals surface area contributed by atoms with E-state index in [1.807, 2.05) is 11.8 Å². The second kappa shape index (κ2) is 14.7. The maximum Gasteiger partial charge on any atom is 0.310 e. The van der Waals surface area contributed by atoms with E-state index >= 15 is 0 Å². The van der Waals surface area contributed by atoms with Crippen molar-refractivity contribution in [3.05, 3.63) is 31.9 Å². The predicted molar refractivity (Wildman–Crippen MR) is 161 cm³/mol. The van der Waals surface area contributed by atoms with Crippen molar-refractivity contribution < 1.29 is 14.3 Å². The molecule has 0 bridgehead atoms. The molecule has 3 heterocycles. The molecule has 1 amide bonds. The Morgan fingerprint density at radius 1 is 1.18 bits per heavy atom. The van der Waals surface area contributed by atoms with Crippen LogP contribution in [0.25, 0.3) is 6.08 Å². The summed E-state index contributed by atoms with van der Waals surface area (Å²) >= 11 is 6.83. The predicted octanol–water partition coefficient (Wildman–Crippen LogP) is 5.39. The number of carbonyl (C=O) groups excluding carboxylic acids is 2. The molecule has 2 aliphatic rings. The van der Waals surface area contributed by atoms with Crippen molar-refractivity contribution in [1.82, 2.24) is 9.47 Å². The summed E-state index contributed by atoms with van der Waals surface area (Å²) in [6.45, 7) is 9.90. The minimum Gasteiger partial charge on any atom is -0.466 e. The fourth-order valence-corrected chi connectivity index (χ4v) is 6.56. The van der Waals surface area contributed by atoms with E-state index in [1.54, 1.807) is 29.4 Å². The lowest BCUT2D eigenvalue weighted by Gasteiger charge is -2.36. The molecule has 0 saturated carbocycles. The summed E-state index contributed by atoms with van der Waals surface area (Å²) in [4.78, 5) is 43.5. The molecule has 2 fully saturated rings. The summed E-state index contributed by atoms with van der Waals surface area (Å²) in [5.41, 5.74) is 0.881. The number of pyridine rings is 1. The molecule has 0 spiro atoms. The summed E-state index contributed by atoms with van der Waals surface area (Å²) in [7, 11) is 0. The number of thioether (sulfide) groups is 1. The van der Waals surface area contributed by atoms with E-state index < -0.39 is 0 Å². The number of carbonyl (C=O) groups is 2. The van der Waals surface area contributed by atoms with Crippen LogP contribution in [-0.2, 0) is 20.9 Å². The smallest absolute Gasteiger partial charge is 0.310 e. The van der Waals surface area contributed by atoms with Gasteiger partial charge in [-0.05, 0) is 51.7 Å². The minimum absolute atomic E-state index is 0.0633. The number of esters is 1. The van der Waals surface area contributed by atoms with Gasteiger partial charge in [0.25, 0.3) is 11.5 Å². The number of hydrogen-bond acceptors (Lipinski definition) is 8. The molecule has 0 radical (unpaired) electrons. The highest BCUT2D eigenvalue weighted by Gasteiger charge is 2.34. The van der Waals surface area contributed by atoms with Gasteiger partial charge in [0, 0.05) is 31.7 Å². The van der Waals surface area contributed by atoms with Crippen LogP contribution in [-0.4, -0.2) is 51.9 Å². The van der Waals surface area contributed by atoms with Gasteiger partial charge in [0.15, 0.2) is 0 Å². The highest BCUT2D eigenvalue weighted by atomic mass is 32.2. The second-order valence-corrected chi connectivity index (χ2v) is 11.7. The fourth-order valence-electron chi connectivity index (χ4n) is 5.27. The number of unbranched alkanes of at least 4 members (excludes halogenated alkanes) is 5. The zero-order chi connectivity index (χ0) is 28.5. The Morgan fingerprint density at radius 2 is 1.90 bits per heavy atom. The molecule has 8 nitrogen and oxygen atoms in total. The molecule has 1 aromatic heterocycles. The Bertz CT molecular complexity index is 1220. The minimum atomic E-state index is -0.362. The lowest BCUT2D eigenvalue weighted by molar-refractivity contribution is -0.148. The van der Waals surface area contributed by atoms with Gasteiger partial charge in [-0.15, -0.1) is 0 Å². The topological polar surface area (TPSA) is 95.6 Å². The number of thiocarbonyl (C=S) groups is 1. The van der Waals surface area contributed by atoms with Crippen LogP contribution < -0.4 is 10.5 Å². The molecule has 1 aromatic rings. The molecule has 0 aromatic carbocycles. The highest BCUT2D eigenvalue weighted by Crippen LogP contribution is 2.37. The molecular weight excluding hydrogens is 532 g/mol. The number of hydrogen-bond donors (Lipinski definition) is 0. The van der Waals surface area contributed by atoms with Crippen LogP contribution in [0.15, 0.2) is 9.70 Å². The number of aromatic nitrogens is 1. The average Bonchev–Trinajstić information content (AvgIpc) is 3.19. The van der Waals surface area contributed by atoms with E-state index in [4.69, 9.17) is 17.0 Å². The first-order valence-electron chi connectivity index (χ1n) is 14.1. The molecule has 10 heteroatoms. The fraction of sp³-hybridized carbons (Fsp3) is 0.621. The zero-order valence-electron chi connectivity index (χ0n) is 23.6. The molecule has 2 saturated heterocycles. The second-order valence-electron chi connectivity index (χ2n) is 10.0. The number of nitrogens with zero attached hydrogens (tertiary/aromatic N) is 4. The zero-order valence-corrected chi connectivity index (χ0v) is 25.2. The maximum atomic E-state index is 13.4. The van der Waals surface area contributed by atoms with Crippen LogP contribution in [0.3, 0.4) is 0 Å². The lowest BCUT2D eigenvalue weighted by atomic mass is 9.96. The molecule has 1 atom stereocenters. The lowest BCUT2D eigenvalue weighted by Crippen LogP contribution is -2.43. The standard InChI is InChI=1S/C29H40N4O4S2/c1-5-8-9-10-11-12-16-33-27(35)24(39-29(33)38)17-22-20(4)23(18-30)26(34)32(6-2)25(22)31-15-13-14-21(19-31)28(36)37-7-3/h17,21H,5-16,19H2,1-4H3/b24-17-. The molecular formula is C29H40N4O4S2. The van der Waals surface area contributed by atoms with Crippen molar-refractivity contribution in [1.29, 1.82) is 5.26 Å². The van der Waals surface area contributed by atoms with Gasteiger partial charge in [0.2, 0.25) is 0 Å². The summed E-state index contributed by atoms with van der Waals surface area (Å²) in [6, 6.07) is 2.07. The number of nitriles is 1. The van der Waals surface area contributed by atoms with Gasteiger partial charge in [-0.1, -0.05) is 63.0 Å². The Hall–Kier alpha value is -2.64. The van der Waals surface area contributed by atoms with Gasteiger partial charge in [-0.3, -0.25) is 23.9 Å². The summed E-state index contributed by atoms with van der Waals surface area (Å²) in [6.07, 6.45) is 10.0. The Kier molecular flexibility index (Phi) is 11.6. The third kappa shape index (κ3) is 7.12. The Morgan fingerprint density at radius 3 is 2.56 bits per heavy atom. The van der Waals surface area contributed by atoms with Crippen molar-refractivity contribution >= 4 is 52.1 Å². The van der Waals surface area contributed by atoms with Crippen molar-refractivity contribution in [2.75, 3.05) is 31.1 Å². The first-order chi connectivity index (χ1) is 18.8. The van der Waals surface area contributed by atoms with Gasteiger partial charge in [-0.25, -0.2) is 0 Å². The average molecular weight is 573 g/mol. The van der Waals surface area contributed by atoms with Crippen LogP contribution in [0.2, 0.25) is 0 Å². The normalized spacial score (nSPS) is 18.6. The molecule has 0 aliphatic carbocycles. The molecule has 212 valence electrons. The van der Waals surface area contributed by atoms with Crippen LogP contribution >= 0.6 is 24.0 Å². The van der Waals surface area contributed by atoms with E-state index in [-0.39, 0.29) is 28.9 Å². The number of rotatable bonds is 12. The number of ether oxygens (including phenoxy) is 1. The van der Waals surface area contributed by atoms with Crippen molar-refractivity contribution in [3.8, 4) is 6.07 Å². The summed E-state index contributed by atoms with van der Waals surface area (Å²) in [5.74, 6) is -0.0533. The van der Waals surface area contributed by atoms with E-state index in [0.717, 1.165) is 25.7 Å². The summed E-state index contributed by atoms with van der Waals surface area (Å²) in [5, 5.41) is 9.83. The molecule has 1 unspecified atom stereocenters. The van der Waals surface area contributed by atoms with Gasteiger partial charge in [0.1, 0.15) is 21.8 Å². The Balaban J connectivity index is 1.98. The quantitative estimate of drug-likeness (QED) is 0.142. The Labute approximate surface area is 241 Å². The van der Waals surface area contributed by atoms with Crippen LogP contribution in [0.1, 0.15) is 88.8 Å². The van der Waals surface area contributed by atoms with E-state index in [9.17, 15) is 19.6 Å². The van der Waals surface area contributed by atoms with Crippen LogP contribution in [0.4, 0.5) is 5.82 Å². The van der Waals surface area contributed by atoms with Crippen molar-refractivity contribution in [2.24, 2.45) is 5.92 Å². The van der Waals surface area contributed by atoms with Gasteiger partial charge in [-0.2, -0.15) is 5.26 Å². The molecule has 2 aliphatic heterocycles. The highest BCUT2D eigenvalue weighted by molar-refractivity contribution is 8.26. The maximum absolute atomic E-state index is 13.4. The van der Waals surface area contributed by atoms with Crippen LogP contribution in [0.5, 0.6) is 0 Å². The van der Waals surface area contributed by atoms with Gasteiger partial charge >= 0.3 is 5.97 Å². The largest absolute Gasteiger partial charge is 0.466 e. The number of anilines is 1. The first-order valence-corrected chi connectivity index (χ1v) is 15.4. The van der Waals surface area contributed by atoms with E-state index in [1.165, 1.54) is 31.0 Å². The van der Waals surface area contributed by atoms with Crippen LogP contribution in [0, 0.1) is 24.2 Å². The molecule has 39 heavy (non-hydrogen) atoms.